The standard InChI is InChI=1S/C23H25ClN4O3S/c1-5-10-28-21(13-31-17-7-8-18(24)16(3)12-17)26-27-23(28)32-14-22(29)25-19-11-15(2)6-9-20(19)30-4/h5-9,11-12H,1,10,13-14H2,2-4H3,(H,25,29). The number of thioether (sulfide) groups is 1. The molecule has 0 bridgehead atoms. The summed E-state index contributed by atoms with van der Waals surface area (Å²) in [7, 11) is 1.57. The molecule has 1 amide bonds. The van der Waals surface area contributed by atoms with Gasteiger partial charge in [0.05, 0.1) is 18.6 Å². The zero-order valence-electron chi connectivity index (χ0n) is 18.2. The number of allylic oxidation sites excluding steroid dienone is 1. The van der Waals surface area contributed by atoms with Gasteiger partial charge in [-0.1, -0.05) is 35.5 Å². The number of nitrogens with zero attached hydrogens (tertiary/aromatic N) is 3. The Morgan fingerprint density at radius 2 is 2.06 bits per heavy atom. The van der Waals surface area contributed by atoms with Crippen LogP contribution in [0.3, 0.4) is 0 Å². The lowest BCUT2D eigenvalue weighted by Crippen LogP contribution is -2.15. The molecule has 9 heteroatoms. The average Bonchev–Trinajstić information content (AvgIpc) is 3.15. The van der Waals surface area contributed by atoms with Gasteiger partial charge in [-0.3, -0.25) is 9.36 Å². The fourth-order valence-corrected chi connectivity index (χ4v) is 3.82. The van der Waals surface area contributed by atoms with Gasteiger partial charge in [0.25, 0.3) is 0 Å². The van der Waals surface area contributed by atoms with E-state index in [-0.39, 0.29) is 18.3 Å². The molecule has 0 saturated heterocycles. The van der Waals surface area contributed by atoms with Gasteiger partial charge in [-0.05, 0) is 55.3 Å². The van der Waals surface area contributed by atoms with Crippen LogP contribution in [0.5, 0.6) is 11.5 Å². The quantitative estimate of drug-likeness (QED) is 0.328. The van der Waals surface area contributed by atoms with Crippen molar-refractivity contribution in [2.24, 2.45) is 0 Å². The summed E-state index contributed by atoms with van der Waals surface area (Å²) in [5.41, 5.74) is 2.60. The van der Waals surface area contributed by atoms with Crippen LogP contribution in [0.25, 0.3) is 0 Å². The van der Waals surface area contributed by atoms with E-state index < -0.39 is 0 Å². The molecule has 3 rings (SSSR count). The largest absolute Gasteiger partial charge is 0.495 e. The van der Waals surface area contributed by atoms with Crippen molar-refractivity contribution in [3.8, 4) is 11.5 Å². The number of amides is 1. The number of nitrogens with one attached hydrogen (secondary N) is 1. The highest BCUT2D eigenvalue weighted by atomic mass is 35.5. The van der Waals surface area contributed by atoms with Crippen LogP contribution in [0, 0.1) is 13.8 Å². The Labute approximate surface area is 196 Å². The molecule has 0 aliphatic carbocycles. The van der Waals surface area contributed by atoms with Crippen molar-refractivity contribution < 1.29 is 14.3 Å². The second-order valence-electron chi connectivity index (χ2n) is 7.04. The summed E-state index contributed by atoms with van der Waals surface area (Å²) in [4.78, 5) is 12.5. The zero-order valence-corrected chi connectivity index (χ0v) is 19.8. The number of halogens is 1. The maximum absolute atomic E-state index is 12.5. The van der Waals surface area contributed by atoms with Crippen molar-refractivity contribution in [3.63, 3.8) is 0 Å². The molecular formula is C23H25ClN4O3S. The first-order valence-corrected chi connectivity index (χ1v) is 11.3. The Morgan fingerprint density at radius 1 is 1.25 bits per heavy atom. The summed E-state index contributed by atoms with van der Waals surface area (Å²) < 4.78 is 13.0. The smallest absolute Gasteiger partial charge is 0.234 e. The predicted octanol–water partition coefficient (Wildman–Crippen LogP) is 5.05. The Bertz CT molecular complexity index is 1120. The molecule has 168 valence electrons. The van der Waals surface area contributed by atoms with Crippen molar-refractivity contribution in [3.05, 3.63) is 71.0 Å². The molecule has 7 nitrogen and oxygen atoms in total. The van der Waals surface area contributed by atoms with Crippen molar-refractivity contribution in [2.75, 3.05) is 18.2 Å². The number of aryl methyl sites for hydroxylation is 2. The minimum Gasteiger partial charge on any atom is -0.495 e. The van der Waals surface area contributed by atoms with E-state index in [0.717, 1.165) is 11.1 Å². The highest BCUT2D eigenvalue weighted by Gasteiger charge is 2.15. The molecule has 0 saturated carbocycles. The molecule has 0 fully saturated rings. The lowest BCUT2D eigenvalue weighted by molar-refractivity contribution is -0.113. The Balaban J connectivity index is 1.64. The molecule has 0 aliphatic rings. The van der Waals surface area contributed by atoms with Gasteiger partial charge in [0.2, 0.25) is 5.91 Å². The summed E-state index contributed by atoms with van der Waals surface area (Å²) in [6.45, 7) is 8.41. The molecule has 32 heavy (non-hydrogen) atoms. The zero-order chi connectivity index (χ0) is 23.1. The number of methoxy groups -OCH3 is 1. The highest BCUT2D eigenvalue weighted by molar-refractivity contribution is 7.99. The van der Waals surface area contributed by atoms with Crippen molar-refractivity contribution in [1.82, 2.24) is 14.8 Å². The van der Waals surface area contributed by atoms with Crippen LogP contribution < -0.4 is 14.8 Å². The van der Waals surface area contributed by atoms with E-state index in [1.807, 2.05) is 48.7 Å². The predicted molar refractivity (Wildman–Crippen MR) is 128 cm³/mol. The minimum atomic E-state index is -0.165. The number of benzene rings is 2. The normalized spacial score (nSPS) is 10.6. The van der Waals surface area contributed by atoms with Gasteiger partial charge >= 0.3 is 0 Å². The van der Waals surface area contributed by atoms with Crippen LogP contribution in [0.2, 0.25) is 5.02 Å². The van der Waals surface area contributed by atoms with Crippen LogP contribution in [-0.2, 0) is 17.9 Å². The molecule has 0 spiro atoms. The third-order valence-electron chi connectivity index (χ3n) is 4.56. The van der Waals surface area contributed by atoms with Crippen LogP contribution in [0.1, 0.15) is 17.0 Å². The van der Waals surface area contributed by atoms with E-state index in [4.69, 9.17) is 21.1 Å². The summed E-state index contributed by atoms with van der Waals surface area (Å²) in [5.74, 6) is 1.95. The number of hydrogen-bond acceptors (Lipinski definition) is 6. The van der Waals surface area contributed by atoms with E-state index in [0.29, 0.717) is 39.7 Å². The number of ether oxygens (including phenoxy) is 2. The molecular weight excluding hydrogens is 448 g/mol. The van der Waals surface area contributed by atoms with E-state index in [1.54, 1.807) is 19.3 Å². The van der Waals surface area contributed by atoms with Gasteiger partial charge in [-0.15, -0.1) is 16.8 Å². The first kappa shape index (κ1) is 23.7. The van der Waals surface area contributed by atoms with Crippen molar-refractivity contribution in [1.29, 1.82) is 0 Å². The molecule has 1 heterocycles. The van der Waals surface area contributed by atoms with Gasteiger partial charge in [-0.2, -0.15) is 0 Å². The number of hydrogen-bond donors (Lipinski definition) is 1. The topological polar surface area (TPSA) is 78.3 Å². The molecule has 1 aromatic heterocycles. The lowest BCUT2D eigenvalue weighted by atomic mass is 10.2. The maximum Gasteiger partial charge on any atom is 0.234 e. The first-order valence-electron chi connectivity index (χ1n) is 9.90. The van der Waals surface area contributed by atoms with Crippen molar-refractivity contribution >= 4 is 35.0 Å². The molecule has 2 aromatic carbocycles. The maximum atomic E-state index is 12.5. The summed E-state index contributed by atoms with van der Waals surface area (Å²) in [5, 5.41) is 12.7. The van der Waals surface area contributed by atoms with E-state index in [9.17, 15) is 4.79 Å². The van der Waals surface area contributed by atoms with Crippen LogP contribution in [0.15, 0.2) is 54.2 Å². The van der Waals surface area contributed by atoms with Gasteiger partial charge in [0.1, 0.15) is 18.1 Å². The third-order valence-corrected chi connectivity index (χ3v) is 5.95. The second kappa shape index (κ2) is 11.1. The monoisotopic (exact) mass is 472 g/mol. The van der Waals surface area contributed by atoms with Crippen LogP contribution in [-0.4, -0.2) is 33.5 Å². The van der Waals surface area contributed by atoms with Gasteiger partial charge < -0.3 is 14.8 Å². The summed E-state index contributed by atoms with van der Waals surface area (Å²) in [6, 6.07) is 11.1. The van der Waals surface area contributed by atoms with Crippen molar-refractivity contribution in [2.45, 2.75) is 32.2 Å². The van der Waals surface area contributed by atoms with Gasteiger partial charge in [0, 0.05) is 11.6 Å². The summed E-state index contributed by atoms with van der Waals surface area (Å²) >= 11 is 7.36. The number of anilines is 1. The van der Waals surface area contributed by atoms with Gasteiger partial charge in [-0.25, -0.2) is 0 Å². The minimum absolute atomic E-state index is 0.165. The Hall–Kier alpha value is -2.97. The SMILES string of the molecule is C=CCn1c(COc2ccc(Cl)c(C)c2)nnc1SCC(=O)Nc1cc(C)ccc1OC. The fourth-order valence-electron chi connectivity index (χ4n) is 2.94. The Kier molecular flexibility index (Phi) is 8.19. The van der Waals surface area contributed by atoms with E-state index in [2.05, 4.69) is 22.1 Å². The molecule has 0 unspecified atom stereocenters. The first-order chi connectivity index (χ1) is 15.4. The van der Waals surface area contributed by atoms with Crippen LogP contribution >= 0.6 is 23.4 Å². The van der Waals surface area contributed by atoms with Gasteiger partial charge in [0.15, 0.2) is 11.0 Å². The number of rotatable bonds is 10. The number of carbonyl (C=O) groups is 1. The third kappa shape index (κ3) is 6.05. The fraction of sp³-hybridized carbons (Fsp3) is 0.261. The highest BCUT2D eigenvalue weighted by Crippen LogP contribution is 2.26. The Morgan fingerprint density at radius 3 is 2.78 bits per heavy atom. The molecule has 1 N–H and O–H groups in total. The number of carbonyl (C=O) groups excluding carboxylic acids is 1. The number of aromatic nitrogens is 3. The average molecular weight is 473 g/mol. The molecule has 0 atom stereocenters. The summed E-state index contributed by atoms with van der Waals surface area (Å²) in [6.07, 6.45) is 1.75. The van der Waals surface area contributed by atoms with E-state index >= 15 is 0 Å². The lowest BCUT2D eigenvalue weighted by Gasteiger charge is -2.11. The molecule has 3 aromatic rings. The molecule has 0 radical (unpaired) electrons. The second-order valence-corrected chi connectivity index (χ2v) is 8.39. The van der Waals surface area contributed by atoms with Crippen LogP contribution in [0.4, 0.5) is 5.69 Å². The molecule has 0 aliphatic heterocycles. The van der Waals surface area contributed by atoms with E-state index in [1.165, 1.54) is 11.8 Å².